The van der Waals surface area contributed by atoms with Crippen molar-refractivity contribution in [2.75, 3.05) is 31.7 Å². The van der Waals surface area contributed by atoms with Crippen molar-refractivity contribution >= 4 is 17.6 Å². The first kappa shape index (κ1) is 26.6. The quantitative estimate of drug-likeness (QED) is 0.495. The summed E-state index contributed by atoms with van der Waals surface area (Å²) in [4.78, 5) is 22.6. The van der Waals surface area contributed by atoms with Crippen LogP contribution in [0.25, 0.3) is 0 Å². The van der Waals surface area contributed by atoms with Crippen molar-refractivity contribution in [2.24, 2.45) is 4.99 Å². The minimum absolute atomic E-state index is 0.0202. The van der Waals surface area contributed by atoms with E-state index in [4.69, 9.17) is 14.5 Å². The first-order chi connectivity index (χ1) is 18.5. The molecule has 3 fully saturated rings. The fraction of sp³-hybridized carbons (Fsp3) is 0.533. The fourth-order valence-corrected chi connectivity index (χ4v) is 6.12. The van der Waals surface area contributed by atoms with Crippen LogP contribution in [0.1, 0.15) is 57.4 Å². The average molecular weight is 523 g/mol. The Bertz CT molecular complexity index is 1140. The lowest BCUT2D eigenvalue weighted by Gasteiger charge is -2.44. The topological polar surface area (TPSA) is 66.4 Å². The van der Waals surface area contributed by atoms with Crippen LogP contribution in [0.4, 0.5) is 14.9 Å². The first-order valence-corrected chi connectivity index (χ1v) is 13.9. The van der Waals surface area contributed by atoms with Gasteiger partial charge >= 0.3 is 6.03 Å². The van der Waals surface area contributed by atoms with Crippen molar-refractivity contribution in [1.82, 2.24) is 10.2 Å². The maximum absolute atomic E-state index is 14.2. The Morgan fingerprint density at radius 2 is 1.87 bits per heavy atom. The number of carbonyl (C=O) groups is 1. The van der Waals surface area contributed by atoms with Crippen LogP contribution >= 0.6 is 0 Å². The number of hydrogen-bond acceptors (Lipinski definition) is 5. The molecule has 2 aromatic rings. The maximum Gasteiger partial charge on any atom is 0.328 e. The van der Waals surface area contributed by atoms with Crippen molar-refractivity contribution < 1.29 is 18.7 Å². The number of rotatable bonds is 8. The van der Waals surface area contributed by atoms with Gasteiger partial charge in [0.25, 0.3) is 0 Å². The Kier molecular flexibility index (Phi) is 8.29. The molecule has 2 aliphatic heterocycles. The number of hydrogen-bond donors (Lipinski definition) is 1. The molecule has 0 bridgehead atoms. The molecular weight excluding hydrogens is 483 g/mol. The summed E-state index contributed by atoms with van der Waals surface area (Å²) in [7, 11) is 1.67. The molecule has 1 spiro atoms. The molecule has 7 nitrogen and oxygen atoms in total. The van der Waals surface area contributed by atoms with Gasteiger partial charge in [-0.25, -0.2) is 9.18 Å². The smallest absolute Gasteiger partial charge is 0.328 e. The highest BCUT2D eigenvalue weighted by Gasteiger charge is 2.53. The summed E-state index contributed by atoms with van der Waals surface area (Å²) in [6.45, 7) is 4.93. The minimum Gasteiger partial charge on any atom is -0.488 e. The first-order valence-electron chi connectivity index (χ1n) is 13.9. The second kappa shape index (κ2) is 11.8. The monoisotopic (exact) mass is 522 g/mol. The number of carbonyl (C=O) groups excluding carboxylic acids is 1. The van der Waals surface area contributed by atoms with E-state index in [1.54, 1.807) is 18.1 Å². The van der Waals surface area contributed by atoms with Gasteiger partial charge in [0.2, 0.25) is 0 Å². The molecule has 2 amide bonds. The van der Waals surface area contributed by atoms with Crippen molar-refractivity contribution in [3.8, 4) is 5.75 Å². The zero-order valence-electron chi connectivity index (χ0n) is 22.5. The second-order valence-electron chi connectivity index (χ2n) is 10.9. The molecule has 1 N–H and O–H groups in total. The van der Waals surface area contributed by atoms with Gasteiger partial charge in [-0.05, 0) is 68.5 Å². The minimum atomic E-state index is -0.584. The highest BCUT2D eigenvalue weighted by molar-refractivity contribution is 6.19. The van der Waals surface area contributed by atoms with Gasteiger partial charge in [-0.1, -0.05) is 37.5 Å². The van der Waals surface area contributed by atoms with E-state index in [1.165, 1.54) is 37.0 Å². The summed E-state index contributed by atoms with van der Waals surface area (Å²) in [6, 6.07) is 14.6. The van der Waals surface area contributed by atoms with Gasteiger partial charge in [-0.15, -0.1) is 0 Å². The van der Waals surface area contributed by atoms with Gasteiger partial charge in [0.15, 0.2) is 0 Å². The number of likely N-dealkylation sites (tertiary alicyclic amines) is 1. The van der Waals surface area contributed by atoms with Crippen LogP contribution < -0.4 is 15.0 Å². The highest BCUT2D eigenvalue weighted by atomic mass is 19.1. The van der Waals surface area contributed by atoms with E-state index in [9.17, 15) is 9.18 Å². The lowest BCUT2D eigenvalue weighted by atomic mass is 9.84. The molecule has 0 radical (unpaired) electrons. The van der Waals surface area contributed by atoms with Gasteiger partial charge in [-0.2, -0.15) is 0 Å². The largest absolute Gasteiger partial charge is 0.488 e. The molecule has 1 atom stereocenters. The molecule has 3 aliphatic rings. The number of urea groups is 1. The van der Waals surface area contributed by atoms with Crippen molar-refractivity contribution in [2.45, 2.75) is 76.1 Å². The summed E-state index contributed by atoms with van der Waals surface area (Å²) in [6.07, 6.45) is 7.16. The number of anilines is 1. The summed E-state index contributed by atoms with van der Waals surface area (Å²) in [5, 5.41) is 3.10. The summed E-state index contributed by atoms with van der Waals surface area (Å²) in [5.41, 5.74) is 1.18. The van der Waals surface area contributed by atoms with E-state index < -0.39 is 5.54 Å². The van der Waals surface area contributed by atoms with E-state index in [1.807, 2.05) is 25.1 Å². The number of piperidine rings is 1. The maximum atomic E-state index is 14.2. The standard InChI is InChI=1S/C30H39FN4O3/c1-22(21-37-2)38-27-13-6-8-23(18-27)20-34-16-14-30(15-17-34)28(32-25-10-4-3-5-11-25)33-29(36)35(30)26-12-7-9-24(31)19-26/h6-9,12-13,18-19,22,25H,3-5,10-11,14-17,20-21H2,1-2H3,(H,32,33,36). The molecule has 38 heavy (non-hydrogen) atoms. The van der Waals surface area contributed by atoms with Crippen molar-refractivity contribution in [3.05, 3.63) is 59.9 Å². The van der Waals surface area contributed by atoms with Crippen LogP contribution in [0.5, 0.6) is 5.75 Å². The van der Waals surface area contributed by atoms with Gasteiger partial charge in [0, 0.05) is 32.4 Å². The van der Waals surface area contributed by atoms with E-state index in [-0.39, 0.29) is 24.0 Å². The predicted octanol–water partition coefficient (Wildman–Crippen LogP) is 5.54. The number of nitrogens with one attached hydrogen (secondary N) is 1. The zero-order chi connectivity index (χ0) is 26.5. The third kappa shape index (κ3) is 5.86. The normalized spacial score (nSPS) is 22.1. The van der Waals surface area contributed by atoms with Crippen molar-refractivity contribution in [1.29, 1.82) is 0 Å². The van der Waals surface area contributed by atoms with Gasteiger partial charge in [0.05, 0.1) is 12.6 Å². The Balaban J connectivity index is 1.35. The average Bonchev–Trinajstić information content (AvgIpc) is 3.16. The number of benzene rings is 2. The third-order valence-corrected chi connectivity index (χ3v) is 7.98. The highest BCUT2D eigenvalue weighted by Crippen LogP contribution is 2.39. The van der Waals surface area contributed by atoms with E-state index in [2.05, 4.69) is 22.3 Å². The van der Waals surface area contributed by atoms with Gasteiger partial charge < -0.3 is 9.47 Å². The SMILES string of the molecule is COCC(C)Oc1cccc(CN2CCC3(CC2)C(=NC2CCCCC2)NC(=O)N3c2cccc(F)c2)c1. The van der Waals surface area contributed by atoms with Crippen LogP contribution in [0, 0.1) is 5.82 Å². The number of amides is 2. The number of ether oxygens (including phenoxy) is 2. The molecule has 1 saturated carbocycles. The molecule has 8 heteroatoms. The summed E-state index contributed by atoms with van der Waals surface area (Å²) >= 11 is 0. The number of aliphatic imine (C=N–C) groups is 1. The number of nitrogens with zero attached hydrogens (tertiary/aromatic N) is 3. The van der Waals surface area contributed by atoms with Gasteiger partial charge in [-0.3, -0.25) is 20.1 Å². The third-order valence-electron chi connectivity index (χ3n) is 7.98. The molecule has 2 aromatic carbocycles. The Labute approximate surface area is 225 Å². The van der Waals surface area contributed by atoms with E-state index >= 15 is 0 Å². The number of methoxy groups -OCH3 is 1. The Hall–Kier alpha value is -2.97. The number of amidine groups is 1. The molecule has 204 valence electrons. The fourth-order valence-electron chi connectivity index (χ4n) is 6.12. The number of halogens is 1. The van der Waals surface area contributed by atoms with Crippen LogP contribution in [-0.2, 0) is 11.3 Å². The van der Waals surface area contributed by atoms with Crippen LogP contribution in [0.3, 0.4) is 0 Å². The molecule has 2 saturated heterocycles. The Morgan fingerprint density at radius 3 is 2.61 bits per heavy atom. The van der Waals surface area contributed by atoms with Crippen LogP contribution in [-0.4, -0.2) is 61.3 Å². The van der Waals surface area contributed by atoms with Crippen LogP contribution in [0.2, 0.25) is 0 Å². The lowest BCUT2D eigenvalue weighted by molar-refractivity contribution is 0.0919. The molecule has 1 aliphatic carbocycles. The molecule has 5 rings (SSSR count). The van der Waals surface area contributed by atoms with E-state index in [0.717, 1.165) is 56.9 Å². The second-order valence-corrected chi connectivity index (χ2v) is 10.9. The zero-order valence-corrected chi connectivity index (χ0v) is 22.5. The van der Waals surface area contributed by atoms with E-state index in [0.29, 0.717) is 12.3 Å². The Morgan fingerprint density at radius 1 is 1.11 bits per heavy atom. The van der Waals surface area contributed by atoms with Gasteiger partial charge in [0.1, 0.15) is 29.0 Å². The molecule has 1 unspecified atom stereocenters. The summed E-state index contributed by atoms with van der Waals surface area (Å²) in [5.74, 6) is 1.26. The summed E-state index contributed by atoms with van der Waals surface area (Å²) < 4.78 is 25.4. The molecular formula is C30H39FN4O3. The van der Waals surface area contributed by atoms with Crippen LogP contribution in [0.15, 0.2) is 53.5 Å². The lowest BCUT2D eigenvalue weighted by Crippen LogP contribution is -2.57. The molecule has 0 aromatic heterocycles. The molecule has 2 heterocycles. The van der Waals surface area contributed by atoms with Crippen molar-refractivity contribution in [3.63, 3.8) is 0 Å². The predicted molar refractivity (Wildman–Crippen MR) is 147 cm³/mol.